The SMILES string of the molecule is CCCCc1cn(-c2ccc3c(c2)cc(C(=O)O)n3O)nn1. The minimum atomic E-state index is -1.18. The third-order valence-electron chi connectivity index (χ3n) is 3.57. The molecule has 0 saturated carbocycles. The summed E-state index contributed by atoms with van der Waals surface area (Å²) in [6.45, 7) is 2.12. The number of aromatic nitrogens is 4. The van der Waals surface area contributed by atoms with Crippen LogP contribution in [0.15, 0.2) is 30.5 Å². The van der Waals surface area contributed by atoms with Crippen LogP contribution in [0.4, 0.5) is 0 Å². The van der Waals surface area contributed by atoms with Crippen molar-refractivity contribution >= 4 is 16.9 Å². The lowest BCUT2D eigenvalue weighted by atomic mass is 10.2. The van der Waals surface area contributed by atoms with Crippen LogP contribution in [0, 0.1) is 0 Å². The van der Waals surface area contributed by atoms with Gasteiger partial charge in [0, 0.05) is 5.39 Å². The zero-order valence-corrected chi connectivity index (χ0v) is 12.1. The molecule has 2 aromatic heterocycles. The molecule has 0 spiro atoms. The molecule has 3 rings (SSSR count). The van der Waals surface area contributed by atoms with Gasteiger partial charge in [-0.1, -0.05) is 18.6 Å². The first-order valence-electron chi connectivity index (χ1n) is 7.10. The summed E-state index contributed by atoms with van der Waals surface area (Å²) in [5.41, 5.74) is 1.96. The van der Waals surface area contributed by atoms with Crippen molar-refractivity contribution < 1.29 is 15.1 Å². The highest BCUT2D eigenvalue weighted by Gasteiger charge is 2.14. The topological polar surface area (TPSA) is 93.2 Å². The molecule has 3 aromatic rings. The lowest BCUT2D eigenvalue weighted by molar-refractivity contribution is 0.0649. The van der Waals surface area contributed by atoms with Gasteiger partial charge in [0.15, 0.2) is 5.69 Å². The number of nitrogens with zero attached hydrogens (tertiary/aromatic N) is 4. The predicted molar refractivity (Wildman–Crippen MR) is 79.6 cm³/mol. The van der Waals surface area contributed by atoms with Crippen molar-refractivity contribution in [1.82, 2.24) is 19.7 Å². The fraction of sp³-hybridized carbons (Fsp3) is 0.267. The fourth-order valence-corrected chi connectivity index (χ4v) is 2.38. The number of unbranched alkanes of at least 4 members (excludes halogenated alkanes) is 1. The highest BCUT2D eigenvalue weighted by Crippen LogP contribution is 2.22. The number of hydrogen-bond donors (Lipinski definition) is 2. The summed E-state index contributed by atoms with van der Waals surface area (Å²) in [5, 5.41) is 27.7. The van der Waals surface area contributed by atoms with Gasteiger partial charge in [-0.2, -0.15) is 4.73 Å². The van der Waals surface area contributed by atoms with Crippen molar-refractivity contribution in [3.05, 3.63) is 41.9 Å². The van der Waals surface area contributed by atoms with Gasteiger partial charge in [0.1, 0.15) is 0 Å². The molecular formula is C15H16N4O3. The summed E-state index contributed by atoms with van der Waals surface area (Å²) in [7, 11) is 0. The van der Waals surface area contributed by atoms with Gasteiger partial charge in [-0.15, -0.1) is 5.10 Å². The van der Waals surface area contributed by atoms with Crippen LogP contribution in [-0.2, 0) is 6.42 Å². The maximum absolute atomic E-state index is 11.0. The summed E-state index contributed by atoms with van der Waals surface area (Å²) >= 11 is 0. The van der Waals surface area contributed by atoms with Gasteiger partial charge >= 0.3 is 5.97 Å². The second kappa shape index (κ2) is 5.51. The molecular weight excluding hydrogens is 284 g/mol. The van der Waals surface area contributed by atoms with Gasteiger partial charge < -0.3 is 10.3 Å². The van der Waals surface area contributed by atoms with Crippen molar-refractivity contribution in [2.75, 3.05) is 0 Å². The molecule has 114 valence electrons. The Morgan fingerprint density at radius 2 is 2.14 bits per heavy atom. The molecule has 0 amide bonds. The highest BCUT2D eigenvalue weighted by atomic mass is 16.5. The highest BCUT2D eigenvalue weighted by molar-refractivity contribution is 5.94. The molecule has 0 aliphatic carbocycles. The van der Waals surface area contributed by atoms with E-state index < -0.39 is 5.97 Å². The Kier molecular flexibility index (Phi) is 3.54. The number of aryl methyl sites for hydroxylation is 1. The molecule has 2 N–H and O–H groups in total. The molecule has 0 fully saturated rings. The molecule has 2 heterocycles. The van der Waals surface area contributed by atoms with Crippen LogP contribution in [-0.4, -0.2) is 36.0 Å². The number of aromatic carboxylic acids is 1. The largest absolute Gasteiger partial charge is 0.476 e. The van der Waals surface area contributed by atoms with Gasteiger partial charge in [-0.25, -0.2) is 9.48 Å². The monoisotopic (exact) mass is 300 g/mol. The molecule has 7 nitrogen and oxygen atoms in total. The number of carboxylic acids is 1. The van der Waals surface area contributed by atoms with Crippen molar-refractivity contribution in [3.63, 3.8) is 0 Å². The van der Waals surface area contributed by atoms with Gasteiger partial charge in [-0.05, 0) is 37.1 Å². The Hall–Kier alpha value is -2.83. The van der Waals surface area contributed by atoms with Crippen molar-refractivity contribution in [3.8, 4) is 5.69 Å². The van der Waals surface area contributed by atoms with E-state index in [1.54, 1.807) is 22.9 Å². The van der Waals surface area contributed by atoms with E-state index in [2.05, 4.69) is 17.2 Å². The minimum Gasteiger partial charge on any atom is -0.476 e. The lowest BCUT2D eigenvalue weighted by Crippen LogP contribution is -2.04. The van der Waals surface area contributed by atoms with Crippen LogP contribution in [0.2, 0.25) is 0 Å². The molecule has 22 heavy (non-hydrogen) atoms. The Bertz CT molecular complexity index is 835. The zero-order valence-electron chi connectivity index (χ0n) is 12.1. The standard InChI is InChI=1S/C15H16N4O3/c1-2-3-4-11-9-18(17-16-11)12-5-6-13-10(7-12)8-14(15(20)21)19(13)22/h5-9,22H,2-4H2,1H3,(H,20,21). The molecule has 0 saturated heterocycles. The van der Waals surface area contributed by atoms with Gasteiger partial charge in [0.2, 0.25) is 0 Å². The summed E-state index contributed by atoms with van der Waals surface area (Å²) in [6.07, 6.45) is 4.91. The van der Waals surface area contributed by atoms with Crippen molar-refractivity contribution in [2.45, 2.75) is 26.2 Å². The van der Waals surface area contributed by atoms with E-state index in [9.17, 15) is 10.0 Å². The Morgan fingerprint density at radius 3 is 2.86 bits per heavy atom. The van der Waals surface area contributed by atoms with Crippen LogP contribution < -0.4 is 0 Å². The summed E-state index contributed by atoms with van der Waals surface area (Å²) in [6, 6.07) is 6.62. The second-order valence-corrected chi connectivity index (χ2v) is 5.15. The Labute approximate surface area is 126 Å². The zero-order chi connectivity index (χ0) is 15.7. The van der Waals surface area contributed by atoms with Crippen molar-refractivity contribution in [1.29, 1.82) is 0 Å². The third-order valence-corrected chi connectivity index (χ3v) is 3.57. The van der Waals surface area contributed by atoms with Gasteiger partial charge in [0.05, 0.1) is 23.1 Å². The number of fused-ring (bicyclic) bond motifs is 1. The summed E-state index contributed by atoms with van der Waals surface area (Å²) in [5.74, 6) is -1.18. The van der Waals surface area contributed by atoms with E-state index in [-0.39, 0.29) is 5.69 Å². The van der Waals surface area contributed by atoms with Crippen molar-refractivity contribution in [2.24, 2.45) is 0 Å². The molecule has 0 radical (unpaired) electrons. The number of carboxylic acid groups (broad SMARTS) is 1. The van der Waals surface area contributed by atoms with Crippen LogP contribution >= 0.6 is 0 Å². The first kappa shape index (κ1) is 14.1. The first-order valence-corrected chi connectivity index (χ1v) is 7.10. The second-order valence-electron chi connectivity index (χ2n) is 5.15. The molecule has 0 bridgehead atoms. The summed E-state index contributed by atoms with van der Waals surface area (Å²) in [4.78, 5) is 11.0. The lowest BCUT2D eigenvalue weighted by Gasteiger charge is -2.01. The third kappa shape index (κ3) is 2.41. The quantitative estimate of drug-likeness (QED) is 0.706. The maximum atomic E-state index is 11.0. The van der Waals surface area contributed by atoms with E-state index in [0.29, 0.717) is 15.6 Å². The predicted octanol–water partition coefficient (Wildman–Crippen LogP) is 2.50. The maximum Gasteiger partial charge on any atom is 0.356 e. The molecule has 0 unspecified atom stereocenters. The van der Waals surface area contributed by atoms with Crippen LogP contribution in [0.3, 0.4) is 0 Å². The number of rotatable bonds is 5. The number of carbonyl (C=O) groups is 1. The van der Waals surface area contributed by atoms with Crippen LogP contribution in [0.25, 0.3) is 16.6 Å². The van der Waals surface area contributed by atoms with E-state index >= 15 is 0 Å². The van der Waals surface area contributed by atoms with Crippen LogP contribution in [0.1, 0.15) is 35.9 Å². The van der Waals surface area contributed by atoms with Gasteiger partial charge in [-0.3, -0.25) is 0 Å². The first-order chi connectivity index (χ1) is 10.6. The van der Waals surface area contributed by atoms with E-state index in [4.69, 9.17) is 5.11 Å². The van der Waals surface area contributed by atoms with Crippen LogP contribution in [0.5, 0.6) is 0 Å². The Morgan fingerprint density at radius 1 is 1.32 bits per heavy atom. The Balaban J connectivity index is 1.98. The average Bonchev–Trinajstić information content (AvgIpc) is 3.10. The molecule has 0 atom stereocenters. The average molecular weight is 300 g/mol. The summed E-state index contributed by atoms with van der Waals surface area (Å²) < 4.78 is 2.33. The van der Waals surface area contributed by atoms with Gasteiger partial charge in [0.25, 0.3) is 0 Å². The molecule has 0 aliphatic heterocycles. The number of hydrogen-bond acceptors (Lipinski definition) is 4. The van der Waals surface area contributed by atoms with E-state index in [1.165, 1.54) is 6.07 Å². The van der Waals surface area contributed by atoms with E-state index in [0.717, 1.165) is 30.6 Å². The number of benzene rings is 1. The molecule has 0 aliphatic rings. The van der Waals surface area contributed by atoms with E-state index in [1.807, 2.05) is 6.20 Å². The molecule has 1 aromatic carbocycles. The fourth-order valence-electron chi connectivity index (χ4n) is 2.38. The normalized spacial score (nSPS) is 11.1. The smallest absolute Gasteiger partial charge is 0.356 e. The minimum absolute atomic E-state index is 0.172. The molecule has 7 heteroatoms.